The van der Waals surface area contributed by atoms with Crippen LogP contribution in [-0.4, -0.2) is 33.7 Å². The van der Waals surface area contributed by atoms with Gasteiger partial charge >= 0.3 is 5.97 Å². The molecule has 6 heteroatoms. The second-order valence-electron chi connectivity index (χ2n) is 4.98. The molecular formula is C16H19N3O3. The molecule has 0 saturated heterocycles. The average molecular weight is 301 g/mol. The highest BCUT2D eigenvalue weighted by Gasteiger charge is 2.14. The monoisotopic (exact) mass is 301 g/mol. The fraction of sp³-hybridized carbons (Fsp3) is 0.312. The molecule has 0 spiro atoms. The first-order valence-electron chi connectivity index (χ1n) is 7.12. The molecule has 0 amide bonds. The van der Waals surface area contributed by atoms with Gasteiger partial charge in [-0.3, -0.25) is 0 Å². The van der Waals surface area contributed by atoms with Crippen molar-refractivity contribution in [3.63, 3.8) is 0 Å². The minimum atomic E-state index is -1.05. The Hall–Kier alpha value is -2.63. The fourth-order valence-electron chi connectivity index (χ4n) is 1.93. The number of hydrogen-bond acceptors (Lipinski definition) is 5. The number of nitrogens with zero attached hydrogens (tertiary/aromatic N) is 2. The molecule has 116 valence electrons. The zero-order chi connectivity index (χ0) is 16.1. The van der Waals surface area contributed by atoms with Gasteiger partial charge in [0.1, 0.15) is 17.1 Å². The number of carboxylic acid groups (broad SMARTS) is 1. The predicted molar refractivity (Wildman–Crippen MR) is 84.4 cm³/mol. The van der Waals surface area contributed by atoms with Crippen molar-refractivity contribution >= 4 is 11.8 Å². The highest BCUT2D eigenvalue weighted by atomic mass is 16.5. The van der Waals surface area contributed by atoms with Gasteiger partial charge in [-0.25, -0.2) is 14.8 Å². The molecule has 1 aromatic carbocycles. The van der Waals surface area contributed by atoms with Crippen LogP contribution in [0.3, 0.4) is 0 Å². The van der Waals surface area contributed by atoms with Crippen LogP contribution in [0.25, 0.3) is 11.4 Å². The van der Waals surface area contributed by atoms with E-state index in [-0.39, 0.29) is 11.7 Å². The Kier molecular flexibility index (Phi) is 4.93. The van der Waals surface area contributed by atoms with Gasteiger partial charge in [-0.2, -0.15) is 0 Å². The number of carboxylic acids is 1. The highest BCUT2D eigenvalue weighted by Crippen LogP contribution is 2.22. The predicted octanol–water partition coefficient (Wildman–Crippen LogP) is 3.06. The number of carbonyl (C=O) groups is 1. The number of anilines is 1. The van der Waals surface area contributed by atoms with E-state index in [1.165, 1.54) is 6.20 Å². The lowest BCUT2D eigenvalue weighted by molar-refractivity contribution is 0.0697. The largest absolute Gasteiger partial charge is 0.491 e. The maximum Gasteiger partial charge on any atom is 0.341 e. The van der Waals surface area contributed by atoms with E-state index in [1.54, 1.807) is 0 Å². The van der Waals surface area contributed by atoms with Crippen LogP contribution in [0.1, 0.15) is 31.1 Å². The zero-order valence-corrected chi connectivity index (χ0v) is 12.8. The lowest BCUT2D eigenvalue weighted by Gasteiger charge is -2.11. The van der Waals surface area contributed by atoms with E-state index in [4.69, 9.17) is 9.84 Å². The molecule has 2 rings (SSSR count). The van der Waals surface area contributed by atoms with Crippen LogP contribution in [-0.2, 0) is 0 Å². The van der Waals surface area contributed by atoms with Crippen LogP contribution in [0, 0.1) is 0 Å². The average Bonchev–Trinajstić information content (AvgIpc) is 2.47. The minimum Gasteiger partial charge on any atom is -0.491 e. The van der Waals surface area contributed by atoms with Crippen molar-refractivity contribution in [2.45, 2.75) is 26.9 Å². The third-order valence-corrected chi connectivity index (χ3v) is 2.85. The Morgan fingerprint density at radius 3 is 2.55 bits per heavy atom. The van der Waals surface area contributed by atoms with Gasteiger partial charge < -0.3 is 15.2 Å². The summed E-state index contributed by atoms with van der Waals surface area (Å²) in [5.74, 6) is 0.510. The molecule has 2 N–H and O–H groups in total. The molecule has 0 aliphatic heterocycles. The number of ether oxygens (including phenoxy) is 1. The van der Waals surface area contributed by atoms with Gasteiger partial charge in [-0.05, 0) is 45.0 Å². The third kappa shape index (κ3) is 3.72. The molecule has 0 aliphatic carbocycles. The second kappa shape index (κ2) is 6.89. The summed E-state index contributed by atoms with van der Waals surface area (Å²) in [4.78, 5) is 19.6. The summed E-state index contributed by atoms with van der Waals surface area (Å²) in [6, 6.07) is 7.39. The topological polar surface area (TPSA) is 84.3 Å². The van der Waals surface area contributed by atoms with Crippen molar-refractivity contribution in [3.05, 3.63) is 36.0 Å². The molecule has 0 atom stereocenters. The zero-order valence-electron chi connectivity index (χ0n) is 12.8. The van der Waals surface area contributed by atoms with Crippen LogP contribution < -0.4 is 10.1 Å². The molecule has 22 heavy (non-hydrogen) atoms. The first-order chi connectivity index (χ1) is 10.5. The van der Waals surface area contributed by atoms with Gasteiger partial charge in [-0.15, -0.1) is 0 Å². The van der Waals surface area contributed by atoms with Gasteiger partial charge in [0.25, 0.3) is 0 Å². The molecule has 0 bridgehead atoms. The van der Waals surface area contributed by atoms with Crippen LogP contribution in [0.5, 0.6) is 5.75 Å². The summed E-state index contributed by atoms with van der Waals surface area (Å²) >= 11 is 0. The number of nitrogens with one attached hydrogen (secondary N) is 1. The minimum absolute atomic E-state index is 0.0605. The van der Waals surface area contributed by atoms with E-state index in [0.29, 0.717) is 18.2 Å². The SMILES string of the molecule is CCNc1nc(-c2ccc(OC(C)C)cc2)ncc1C(=O)O. The Labute approximate surface area is 129 Å². The van der Waals surface area contributed by atoms with Gasteiger partial charge in [0.05, 0.1) is 6.10 Å². The van der Waals surface area contributed by atoms with Gasteiger partial charge in [0, 0.05) is 18.3 Å². The van der Waals surface area contributed by atoms with Gasteiger partial charge in [0.2, 0.25) is 0 Å². The number of rotatable bonds is 6. The smallest absolute Gasteiger partial charge is 0.341 e. The van der Waals surface area contributed by atoms with Crippen LogP contribution in [0.15, 0.2) is 30.5 Å². The van der Waals surface area contributed by atoms with E-state index in [0.717, 1.165) is 11.3 Å². The molecule has 2 aromatic rings. The van der Waals surface area contributed by atoms with Crippen LogP contribution in [0.2, 0.25) is 0 Å². The number of aromatic carboxylic acids is 1. The molecule has 0 aliphatic rings. The third-order valence-electron chi connectivity index (χ3n) is 2.85. The van der Waals surface area contributed by atoms with E-state index in [9.17, 15) is 4.79 Å². The van der Waals surface area contributed by atoms with Gasteiger partial charge in [0.15, 0.2) is 5.82 Å². The van der Waals surface area contributed by atoms with Crippen molar-refractivity contribution in [2.24, 2.45) is 0 Å². The van der Waals surface area contributed by atoms with E-state index in [1.807, 2.05) is 45.0 Å². The van der Waals surface area contributed by atoms with Gasteiger partial charge in [-0.1, -0.05) is 0 Å². The van der Waals surface area contributed by atoms with Crippen molar-refractivity contribution < 1.29 is 14.6 Å². The molecule has 6 nitrogen and oxygen atoms in total. The van der Waals surface area contributed by atoms with E-state index < -0.39 is 5.97 Å². The molecule has 0 saturated carbocycles. The summed E-state index contributed by atoms with van der Waals surface area (Å²) in [6.45, 7) is 6.39. The second-order valence-corrected chi connectivity index (χ2v) is 4.98. The summed E-state index contributed by atoms with van der Waals surface area (Å²) < 4.78 is 5.59. The Bertz CT molecular complexity index is 654. The van der Waals surface area contributed by atoms with Crippen molar-refractivity contribution in [3.8, 4) is 17.1 Å². The molecule has 0 unspecified atom stereocenters. The lowest BCUT2D eigenvalue weighted by Crippen LogP contribution is -2.09. The Morgan fingerprint density at radius 2 is 2.00 bits per heavy atom. The normalized spacial score (nSPS) is 10.5. The molecule has 0 fully saturated rings. The summed E-state index contributed by atoms with van der Waals surface area (Å²) in [7, 11) is 0. The maximum absolute atomic E-state index is 11.2. The maximum atomic E-state index is 11.2. The standard InChI is InChI=1S/C16H19N3O3/c1-4-17-15-13(16(20)21)9-18-14(19-15)11-5-7-12(8-6-11)22-10(2)3/h5-10H,4H2,1-3H3,(H,20,21)(H,17,18,19). The molecule has 1 aromatic heterocycles. The highest BCUT2D eigenvalue weighted by molar-refractivity contribution is 5.93. The quantitative estimate of drug-likeness (QED) is 0.853. The van der Waals surface area contributed by atoms with Crippen molar-refractivity contribution in [1.29, 1.82) is 0 Å². The number of hydrogen-bond donors (Lipinski definition) is 2. The van der Waals surface area contributed by atoms with Crippen molar-refractivity contribution in [2.75, 3.05) is 11.9 Å². The fourth-order valence-corrected chi connectivity index (χ4v) is 1.93. The van der Waals surface area contributed by atoms with Crippen LogP contribution >= 0.6 is 0 Å². The first kappa shape index (κ1) is 15.8. The summed E-state index contributed by atoms with van der Waals surface area (Å²) in [5.41, 5.74) is 0.859. The summed E-state index contributed by atoms with van der Waals surface area (Å²) in [5, 5.41) is 12.1. The first-order valence-corrected chi connectivity index (χ1v) is 7.12. The molecule has 0 radical (unpaired) electrons. The lowest BCUT2D eigenvalue weighted by atomic mass is 10.2. The summed E-state index contributed by atoms with van der Waals surface area (Å²) in [6.07, 6.45) is 1.43. The number of aromatic nitrogens is 2. The Balaban J connectivity index is 2.32. The number of benzene rings is 1. The Morgan fingerprint density at radius 1 is 1.32 bits per heavy atom. The van der Waals surface area contributed by atoms with E-state index >= 15 is 0 Å². The van der Waals surface area contributed by atoms with E-state index in [2.05, 4.69) is 15.3 Å². The van der Waals surface area contributed by atoms with Crippen LogP contribution in [0.4, 0.5) is 5.82 Å². The molecular weight excluding hydrogens is 282 g/mol. The van der Waals surface area contributed by atoms with Crippen molar-refractivity contribution in [1.82, 2.24) is 9.97 Å². The molecule has 1 heterocycles.